The van der Waals surface area contributed by atoms with Crippen LogP contribution < -0.4 is 25.1 Å². The number of urea groups is 1. The molecule has 0 atom stereocenters. The number of anilines is 1. The zero-order chi connectivity index (χ0) is 25.1. The maximum absolute atomic E-state index is 13.3. The van der Waals surface area contributed by atoms with Crippen LogP contribution >= 0.6 is 0 Å². The van der Waals surface area contributed by atoms with Crippen LogP contribution in [0.1, 0.15) is 16.7 Å². The molecule has 0 bridgehead atoms. The van der Waals surface area contributed by atoms with Gasteiger partial charge in [-0.2, -0.15) is 0 Å². The van der Waals surface area contributed by atoms with Gasteiger partial charge in [0.25, 0.3) is 5.56 Å². The molecular weight excluding hydrogens is 458 g/mol. The van der Waals surface area contributed by atoms with E-state index >= 15 is 0 Å². The molecule has 0 unspecified atom stereocenters. The Morgan fingerprint density at radius 2 is 1.78 bits per heavy atom. The first-order valence-corrected chi connectivity index (χ1v) is 11.7. The number of aromatic nitrogens is 1. The van der Waals surface area contributed by atoms with Gasteiger partial charge >= 0.3 is 6.03 Å². The van der Waals surface area contributed by atoms with E-state index in [-0.39, 0.29) is 24.9 Å². The number of aromatic amines is 1. The molecule has 1 aliphatic rings. The molecule has 36 heavy (non-hydrogen) atoms. The molecular formula is C28H27N3O5. The van der Waals surface area contributed by atoms with Crippen molar-refractivity contribution in [2.24, 2.45) is 0 Å². The van der Waals surface area contributed by atoms with Crippen molar-refractivity contribution in [3.05, 3.63) is 93.8 Å². The molecule has 8 heteroatoms. The van der Waals surface area contributed by atoms with Crippen molar-refractivity contribution in [2.45, 2.75) is 19.9 Å². The van der Waals surface area contributed by atoms with E-state index in [0.717, 1.165) is 16.5 Å². The van der Waals surface area contributed by atoms with Crippen LogP contribution in [0.25, 0.3) is 10.9 Å². The Bertz CT molecular complexity index is 1460. The van der Waals surface area contributed by atoms with Gasteiger partial charge in [0.2, 0.25) is 6.79 Å². The normalized spacial score (nSPS) is 11.9. The predicted octanol–water partition coefficient (Wildman–Crippen LogP) is 4.85. The zero-order valence-corrected chi connectivity index (χ0v) is 20.2. The summed E-state index contributed by atoms with van der Waals surface area (Å²) < 4.78 is 16.1. The van der Waals surface area contributed by atoms with Crippen LogP contribution in [0, 0.1) is 6.92 Å². The molecule has 2 heterocycles. The van der Waals surface area contributed by atoms with E-state index < -0.39 is 0 Å². The second-order valence-corrected chi connectivity index (χ2v) is 8.67. The summed E-state index contributed by atoms with van der Waals surface area (Å²) in [6, 6.07) is 20.3. The number of methoxy groups -OCH3 is 1. The number of nitrogens with zero attached hydrogens (tertiary/aromatic N) is 1. The standard InChI is InChI=1S/C28H27N3O5/c1-18-5-3-4-6-19(18)11-12-31(28(33)29-22-7-9-23(34-2)10-8-22)16-21-13-20-14-25-26(36-17-35-25)15-24(20)30-27(21)32/h3-10,13-15H,11-12,16-17H2,1-2H3,(H,29,33)(H,30,32). The lowest BCUT2D eigenvalue weighted by Gasteiger charge is -2.24. The average Bonchev–Trinajstić information content (AvgIpc) is 3.34. The molecule has 5 rings (SSSR count). The number of ether oxygens (including phenoxy) is 3. The first kappa shape index (κ1) is 23.3. The van der Waals surface area contributed by atoms with E-state index in [0.29, 0.717) is 47.0 Å². The van der Waals surface area contributed by atoms with Crippen molar-refractivity contribution >= 4 is 22.6 Å². The van der Waals surface area contributed by atoms with Crippen molar-refractivity contribution in [3.63, 3.8) is 0 Å². The molecule has 0 saturated carbocycles. The van der Waals surface area contributed by atoms with Gasteiger partial charge in [0, 0.05) is 29.2 Å². The SMILES string of the molecule is COc1ccc(NC(=O)N(CCc2ccccc2C)Cc2cc3cc4c(cc3[nH]c2=O)OCO4)cc1. The number of nitrogens with one attached hydrogen (secondary N) is 2. The van der Waals surface area contributed by atoms with E-state index in [2.05, 4.69) is 29.4 Å². The number of pyridine rings is 1. The van der Waals surface area contributed by atoms with E-state index in [1.54, 1.807) is 48.4 Å². The number of hydrogen-bond donors (Lipinski definition) is 2. The minimum Gasteiger partial charge on any atom is -0.497 e. The Labute approximate surface area is 208 Å². The summed E-state index contributed by atoms with van der Waals surface area (Å²) in [5, 5.41) is 3.75. The second-order valence-electron chi connectivity index (χ2n) is 8.67. The Morgan fingerprint density at radius 1 is 1.03 bits per heavy atom. The van der Waals surface area contributed by atoms with E-state index in [1.165, 1.54) is 0 Å². The van der Waals surface area contributed by atoms with E-state index in [9.17, 15) is 9.59 Å². The molecule has 4 aromatic rings. The van der Waals surface area contributed by atoms with Gasteiger partial charge in [-0.25, -0.2) is 4.79 Å². The van der Waals surface area contributed by atoms with Crippen molar-refractivity contribution in [3.8, 4) is 17.2 Å². The number of benzene rings is 3. The number of rotatable bonds is 7. The number of carbonyl (C=O) groups excluding carboxylic acids is 1. The van der Waals surface area contributed by atoms with Crippen molar-refractivity contribution in [1.82, 2.24) is 9.88 Å². The summed E-state index contributed by atoms with van der Waals surface area (Å²) >= 11 is 0. The third kappa shape index (κ3) is 4.98. The summed E-state index contributed by atoms with van der Waals surface area (Å²) in [7, 11) is 1.59. The molecule has 0 saturated heterocycles. The minimum atomic E-state index is -0.293. The van der Waals surface area contributed by atoms with Crippen LogP contribution in [0.3, 0.4) is 0 Å². The third-order valence-electron chi connectivity index (χ3n) is 6.32. The summed E-state index contributed by atoms with van der Waals surface area (Å²) in [5.74, 6) is 1.94. The van der Waals surface area contributed by atoms with Crippen LogP contribution in [0.4, 0.5) is 10.5 Å². The first-order chi connectivity index (χ1) is 17.5. The number of fused-ring (bicyclic) bond motifs is 2. The fourth-order valence-corrected chi connectivity index (χ4v) is 4.24. The molecule has 1 aromatic heterocycles. The Balaban J connectivity index is 1.41. The fourth-order valence-electron chi connectivity index (χ4n) is 4.24. The molecule has 2 amide bonds. The fraction of sp³-hybridized carbons (Fsp3) is 0.214. The quantitative estimate of drug-likeness (QED) is 0.390. The summed E-state index contributed by atoms with van der Waals surface area (Å²) in [4.78, 5) is 30.9. The highest BCUT2D eigenvalue weighted by Crippen LogP contribution is 2.35. The molecule has 0 radical (unpaired) electrons. The molecule has 184 valence electrons. The highest BCUT2D eigenvalue weighted by molar-refractivity contribution is 5.89. The molecule has 1 aliphatic heterocycles. The van der Waals surface area contributed by atoms with Crippen molar-refractivity contribution in [1.29, 1.82) is 0 Å². The Kier molecular flexibility index (Phi) is 6.49. The lowest BCUT2D eigenvalue weighted by Crippen LogP contribution is -2.37. The lowest BCUT2D eigenvalue weighted by molar-refractivity contribution is 0.174. The molecule has 2 N–H and O–H groups in total. The molecule has 0 spiro atoms. The van der Waals surface area contributed by atoms with Crippen LogP contribution in [0.15, 0.2) is 71.5 Å². The van der Waals surface area contributed by atoms with E-state index in [1.807, 2.05) is 18.2 Å². The minimum absolute atomic E-state index is 0.146. The largest absolute Gasteiger partial charge is 0.497 e. The predicted molar refractivity (Wildman–Crippen MR) is 138 cm³/mol. The van der Waals surface area contributed by atoms with Gasteiger partial charge < -0.3 is 29.4 Å². The summed E-state index contributed by atoms with van der Waals surface area (Å²) in [6.45, 7) is 2.79. The highest BCUT2D eigenvalue weighted by atomic mass is 16.7. The number of H-pyrrole nitrogens is 1. The maximum atomic E-state index is 13.3. The Hall–Kier alpha value is -4.46. The van der Waals surface area contributed by atoms with Crippen LogP contribution in [0.5, 0.6) is 17.2 Å². The summed E-state index contributed by atoms with van der Waals surface area (Å²) in [5.41, 5.74) is 3.84. The number of hydrogen-bond acceptors (Lipinski definition) is 5. The van der Waals surface area contributed by atoms with E-state index in [4.69, 9.17) is 14.2 Å². The van der Waals surface area contributed by atoms with Crippen molar-refractivity contribution < 1.29 is 19.0 Å². The van der Waals surface area contributed by atoms with Gasteiger partial charge in [0.05, 0.1) is 19.2 Å². The smallest absolute Gasteiger partial charge is 0.322 e. The number of aryl methyl sites for hydroxylation is 1. The number of amides is 2. The van der Waals surface area contributed by atoms with Gasteiger partial charge in [0.15, 0.2) is 11.5 Å². The molecule has 0 fully saturated rings. The van der Waals surface area contributed by atoms with Gasteiger partial charge in [-0.3, -0.25) is 4.79 Å². The third-order valence-corrected chi connectivity index (χ3v) is 6.32. The second kappa shape index (κ2) is 10.0. The monoisotopic (exact) mass is 485 g/mol. The summed E-state index contributed by atoms with van der Waals surface area (Å²) in [6.07, 6.45) is 0.660. The lowest BCUT2D eigenvalue weighted by atomic mass is 10.1. The van der Waals surface area contributed by atoms with Gasteiger partial charge in [-0.1, -0.05) is 24.3 Å². The highest BCUT2D eigenvalue weighted by Gasteiger charge is 2.19. The molecule has 3 aromatic carbocycles. The van der Waals surface area contributed by atoms with Crippen LogP contribution in [0.2, 0.25) is 0 Å². The zero-order valence-electron chi connectivity index (χ0n) is 20.2. The van der Waals surface area contributed by atoms with Gasteiger partial charge in [0.1, 0.15) is 5.75 Å². The molecule has 0 aliphatic carbocycles. The average molecular weight is 486 g/mol. The van der Waals surface area contributed by atoms with Gasteiger partial charge in [-0.15, -0.1) is 0 Å². The maximum Gasteiger partial charge on any atom is 0.322 e. The van der Waals surface area contributed by atoms with Crippen molar-refractivity contribution in [2.75, 3.05) is 25.8 Å². The van der Waals surface area contributed by atoms with Gasteiger partial charge in [-0.05, 0) is 60.9 Å². The van der Waals surface area contributed by atoms with Crippen LogP contribution in [-0.2, 0) is 13.0 Å². The molecule has 8 nitrogen and oxygen atoms in total. The Morgan fingerprint density at radius 3 is 2.53 bits per heavy atom. The van der Waals surface area contributed by atoms with Crippen LogP contribution in [-0.4, -0.2) is 36.4 Å². The topological polar surface area (TPSA) is 92.9 Å². The number of carbonyl (C=O) groups is 1. The first-order valence-electron chi connectivity index (χ1n) is 11.7.